The van der Waals surface area contributed by atoms with E-state index in [2.05, 4.69) is 10.3 Å². The number of nitrogens with one attached hydrogen (secondary N) is 1. The van der Waals surface area contributed by atoms with Crippen LogP contribution in [0.3, 0.4) is 0 Å². The van der Waals surface area contributed by atoms with Crippen LogP contribution in [0.25, 0.3) is 0 Å². The van der Waals surface area contributed by atoms with Crippen LogP contribution in [0.5, 0.6) is 0 Å². The van der Waals surface area contributed by atoms with Gasteiger partial charge < -0.3 is 14.8 Å². The fourth-order valence-corrected chi connectivity index (χ4v) is 3.31. The molecule has 2 amide bonds. The van der Waals surface area contributed by atoms with E-state index in [9.17, 15) is 9.59 Å². The largest absolute Gasteiger partial charge is 0.356 e. The van der Waals surface area contributed by atoms with Crippen molar-refractivity contribution in [3.63, 3.8) is 0 Å². The molecule has 1 N–H and O–H groups in total. The average molecular weight is 332 g/mol. The van der Waals surface area contributed by atoms with E-state index in [4.69, 9.17) is 0 Å². The van der Waals surface area contributed by atoms with Crippen molar-refractivity contribution in [1.29, 1.82) is 0 Å². The number of carbonyl (C=O) groups excluding carboxylic acids is 2. The highest BCUT2D eigenvalue weighted by Crippen LogP contribution is 2.28. The number of hydrogen-bond donors (Lipinski definition) is 1. The normalized spacial score (nSPS) is 21.6. The van der Waals surface area contributed by atoms with Crippen LogP contribution in [0.1, 0.15) is 45.2 Å². The maximum absolute atomic E-state index is 13.0. The molecule has 3 rings (SSSR count). The third-order valence-electron chi connectivity index (χ3n) is 5.22. The van der Waals surface area contributed by atoms with Gasteiger partial charge in [0.15, 0.2) is 0 Å². The summed E-state index contributed by atoms with van der Waals surface area (Å²) < 4.78 is 1.86. The molecule has 2 heterocycles. The summed E-state index contributed by atoms with van der Waals surface area (Å²) in [4.78, 5) is 31.5. The monoisotopic (exact) mass is 332 g/mol. The van der Waals surface area contributed by atoms with Gasteiger partial charge in [-0.25, -0.2) is 4.98 Å². The summed E-state index contributed by atoms with van der Waals surface area (Å²) >= 11 is 0. The standard InChI is InChI=1S/C18H28N4O2/c1-13-10-22(12-20-13)18(2,3)17(24)21-8-4-5-15(11-21)16(23)19-9-14-6-7-14/h10,12,14-15H,4-9,11H2,1-3H3,(H,19,23)/t15-/m1/s1. The molecule has 1 aromatic heterocycles. The molecule has 1 aliphatic carbocycles. The average Bonchev–Trinajstić information content (AvgIpc) is 3.30. The van der Waals surface area contributed by atoms with Gasteiger partial charge in [0.25, 0.3) is 0 Å². The summed E-state index contributed by atoms with van der Waals surface area (Å²) in [6.45, 7) is 7.77. The Hall–Kier alpha value is -1.85. The quantitative estimate of drug-likeness (QED) is 0.892. The molecule has 0 unspecified atom stereocenters. The third kappa shape index (κ3) is 3.62. The number of imidazole rings is 1. The number of rotatable bonds is 5. The fraction of sp³-hybridized carbons (Fsp3) is 0.722. The van der Waals surface area contributed by atoms with Gasteiger partial charge in [-0.15, -0.1) is 0 Å². The Balaban J connectivity index is 1.62. The Morgan fingerprint density at radius 2 is 2.08 bits per heavy atom. The van der Waals surface area contributed by atoms with E-state index in [1.54, 1.807) is 6.33 Å². The lowest BCUT2D eigenvalue weighted by molar-refractivity contribution is -0.142. The summed E-state index contributed by atoms with van der Waals surface area (Å²) in [5.41, 5.74) is 0.208. The van der Waals surface area contributed by atoms with Crippen molar-refractivity contribution in [3.05, 3.63) is 18.2 Å². The van der Waals surface area contributed by atoms with Gasteiger partial charge in [-0.2, -0.15) is 0 Å². The predicted octanol–water partition coefficient (Wildman–Crippen LogP) is 1.69. The van der Waals surface area contributed by atoms with E-state index in [1.165, 1.54) is 12.8 Å². The van der Waals surface area contributed by atoms with Crippen LogP contribution in [0.2, 0.25) is 0 Å². The molecule has 0 aromatic carbocycles. The summed E-state index contributed by atoms with van der Waals surface area (Å²) in [5, 5.41) is 3.06. The van der Waals surface area contributed by atoms with Crippen LogP contribution in [-0.2, 0) is 15.1 Å². The maximum atomic E-state index is 13.0. The van der Waals surface area contributed by atoms with Crippen molar-refractivity contribution < 1.29 is 9.59 Å². The van der Waals surface area contributed by atoms with Crippen LogP contribution in [0, 0.1) is 18.8 Å². The minimum atomic E-state index is -0.687. The fourth-order valence-electron chi connectivity index (χ4n) is 3.31. The number of aromatic nitrogens is 2. The second-order valence-electron chi connectivity index (χ2n) is 7.76. The first-order valence-corrected chi connectivity index (χ1v) is 8.96. The molecule has 0 spiro atoms. The van der Waals surface area contributed by atoms with Gasteiger partial charge in [0.05, 0.1) is 17.9 Å². The summed E-state index contributed by atoms with van der Waals surface area (Å²) in [5.74, 6) is 0.760. The Morgan fingerprint density at radius 1 is 1.33 bits per heavy atom. The predicted molar refractivity (Wildman–Crippen MR) is 91.3 cm³/mol. The Labute approximate surface area is 143 Å². The SMILES string of the molecule is Cc1cn(C(C)(C)C(=O)N2CCC[C@@H](C(=O)NCC3CC3)C2)cn1. The van der Waals surface area contributed by atoms with Crippen LogP contribution in [0.4, 0.5) is 0 Å². The molecule has 1 atom stereocenters. The van der Waals surface area contributed by atoms with E-state index in [0.29, 0.717) is 12.5 Å². The molecule has 1 aliphatic heterocycles. The zero-order valence-electron chi connectivity index (χ0n) is 14.9. The first-order valence-electron chi connectivity index (χ1n) is 8.96. The van der Waals surface area contributed by atoms with Gasteiger partial charge in [-0.05, 0) is 52.4 Å². The molecular weight excluding hydrogens is 304 g/mol. The highest BCUT2D eigenvalue weighted by molar-refractivity contribution is 5.85. The Bertz CT molecular complexity index is 618. The number of aryl methyl sites for hydroxylation is 1. The summed E-state index contributed by atoms with van der Waals surface area (Å²) in [6, 6.07) is 0. The number of likely N-dealkylation sites (tertiary alicyclic amines) is 1. The van der Waals surface area contributed by atoms with Crippen molar-refractivity contribution in [2.45, 2.75) is 52.0 Å². The van der Waals surface area contributed by atoms with Crippen molar-refractivity contribution in [2.75, 3.05) is 19.6 Å². The summed E-state index contributed by atoms with van der Waals surface area (Å²) in [6.07, 6.45) is 7.80. The Morgan fingerprint density at radius 3 is 2.71 bits per heavy atom. The van der Waals surface area contributed by atoms with Crippen molar-refractivity contribution in [2.24, 2.45) is 11.8 Å². The van der Waals surface area contributed by atoms with E-state index < -0.39 is 5.54 Å². The maximum Gasteiger partial charge on any atom is 0.248 e. The molecule has 2 fully saturated rings. The highest BCUT2D eigenvalue weighted by atomic mass is 16.2. The smallest absolute Gasteiger partial charge is 0.248 e. The molecule has 1 saturated heterocycles. The van der Waals surface area contributed by atoms with Gasteiger partial charge in [-0.1, -0.05) is 0 Å². The van der Waals surface area contributed by atoms with Crippen LogP contribution < -0.4 is 5.32 Å². The van der Waals surface area contributed by atoms with Gasteiger partial charge >= 0.3 is 0 Å². The zero-order valence-corrected chi connectivity index (χ0v) is 14.9. The molecule has 2 aliphatic rings. The van der Waals surface area contributed by atoms with E-state index >= 15 is 0 Å². The van der Waals surface area contributed by atoms with Crippen molar-refractivity contribution >= 4 is 11.8 Å². The zero-order chi connectivity index (χ0) is 17.3. The minimum absolute atomic E-state index is 0.0552. The Kier molecular flexibility index (Phi) is 4.65. The van der Waals surface area contributed by atoms with Crippen LogP contribution >= 0.6 is 0 Å². The molecule has 0 radical (unpaired) electrons. The molecular formula is C18H28N4O2. The number of hydrogen-bond acceptors (Lipinski definition) is 3. The van der Waals surface area contributed by atoms with Gasteiger partial charge in [-0.3, -0.25) is 9.59 Å². The van der Waals surface area contributed by atoms with Crippen molar-refractivity contribution in [1.82, 2.24) is 19.8 Å². The van der Waals surface area contributed by atoms with Crippen LogP contribution in [0.15, 0.2) is 12.5 Å². The second-order valence-corrected chi connectivity index (χ2v) is 7.76. The minimum Gasteiger partial charge on any atom is -0.356 e. The molecule has 6 nitrogen and oxygen atoms in total. The number of nitrogens with zero attached hydrogens (tertiary/aromatic N) is 3. The first kappa shape index (κ1) is 17.0. The molecule has 24 heavy (non-hydrogen) atoms. The van der Waals surface area contributed by atoms with E-state index in [1.807, 2.05) is 36.4 Å². The van der Waals surface area contributed by atoms with Gasteiger partial charge in [0.2, 0.25) is 11.8 Å². The molecule has 0 bridgehead atoms. The molecule has 1 saturated carbocycles. The third-order valence-corrected chi connectivity index (χ3v) is 5.22. The number of amides is 2. The van der Waals surface area contributed by atoms with Gasteiger partial charge in [0, 0.05) is 25.8 Å². The summed E-state index contributed by atoms with van der Waals surface area (Å²) in [7, 11) is 0. The van der Waals surface area contributed by atoms with Gasteiger partial charge in [0.1, 0.15) is 5.54 Å². The van der Waals surface area contributed by atoms with Crippen LogP contribution in [-0.4, -0.2) is 45.9 Å². The molecule has 1 aromatic rings. The highest BCUT2D eigenvalue weighted by Gasteiger charge is 2.37. The lowest BCUT2D eigenvalue weighted by atomic mass is 9.94. The molecule has 6 heteroatoms. The number of carbonyl (C=O) groups is 2. The van der Waals surface area contributed by atoms with E-state index in [0.717, 1.165) is 31.6 Å². The molecule has 132 valence electrons. The topological polar surface area (TPSA) is 67.2 Å². The lowest BCUT2D eigenvalue weighted by Gasteiger charge is -2.37. The number of piperidine rings is 1. The first-order chi connectivity index (χ1) is 11.4. The lowest BCUT2D eigenvalue weighted by Crippen LogP contribution is -2.52. The van der Waals surface area contributed by atoms with E-state index in [-0.39, 0.29) is 17.7 Å². The second kappa shape index (κ2) is 6.57. The van der Waals surface area contributed by atoms with Crippen molar-refractivity contribution in [3.8, 4) is 0 Å².